The summed E-state index contributed by atoms with van der Waals surface area (Å²) in [5.41, 5.74) is -0.182. The lowest BCUT2D eigenvalue weighted by atomic mass is 10.1. The molecule has 3 rings (SSSR count). The van der Waals surface area contributed by atoms with Crippen LogP contribution in [0.25, 0.3) is 22.0 Å². The first-order chi connectivity index (χ1) is 10.4. The first kappa shape index (κ1) is 14.7. The third-order valence-corrected chi connectivity index (χ3v) is 3.69. The number of H-pyrrole nitrogens is 1. The van der Waals surface area contributed by atoms with E-state index < -0.39 is 11.7 Å². The number of pyridine rings is 1. The Morgan fingerprint density at radius 1 is 0.955 bits per heavy atom. The third-order valence-electron chi connectivity index (χ3n) is 3.36. The van der Waals surface area contributed by atoms with E-state index in [1.807, 2.05) is 0 Å². The normalized spacial score (nSPS) is 11.8. The maximum Gasteiger partial charge on any atom is 0.416 e. The Labute approximate surface area is 128 Å². The number of hydrogen-bond donors (Lipinski definition) is 1. The lowest BCUT2D eigenvalue weighted by Gasteiger charge is -2.08. The number of aromatic amines is 1. The Morgan fingerprint density at radius 3 is 2.27 bits per heavy atom. The van der Waals surface area contributed by atoms with Crippen molar-refractivity contribution in [1.29, 1.82) is 0 Å². The summed E-state index contributed by atoms with van der Waals surface area (Å²) in [6, 6.07) is 11.2. The molecule has 0 saturated heterocycles. The van der Waals surface area contributed by atoms with Gasteiger partial charge in [-0.15, -0.1) is 0 Å². The number of nitrogens with one attached hydrogen (secondary N) is 1. The lowest BCUT2D eigenvalue weighted by Crippen LogP contribution is -2.08. The summed E-state index contributed by atoms with van der Waals surface area (Å²) in [6.07, 6.45) is -4.39. The molecule has 0 aliphatic rings. The molecule has 2 aromatic carbocycles. The van der Waals surface area contributed by atoms with Crippen molar-refractivity contribution in [1.82, 2.24) is 4.98 Å². The van der Waals surface area contributed by atoms with Gasteiger partial charge in [0.1, 0.15) is 0 Å². The van der Waals surface area contributed by atoms with Crippen molar-refractivity contribution >= 4 is 22.4 Å². The molecular weight excluding hydrogens is 315 g/mol. The molecule has 0 atom stereocenters. The van der Waals surface area contributed by atoms with E-state index in [0.29, 0.717) is 27.1 Å². The van der Waals surface area contributed by atoms with Gasteiger partial charge in [-0.25, -0.2) is 0 Å². The van der Waals surface area contributed by atoms with E-state index in [1.54, 1.807) is 24.3 Å². The molecule has 1 N–H and O–H groups in total. The highest BCUT2D eigenvalue weighted by Gasteiger charge is 2.30. The predicted molar refractivity (Wildman–Crippen MR) is 80.0 cm³/mol. The van der Waals surface area contributed by atoms with E-state index >= 15 is 0 Å². The summed E-state index contributed by atoms with van der Waals surface area (Å²) in [5, 5.41) is 1.41. The molecular formula is C16H9ClF3NO. The summed E-state index contributed by atoms with van der Waals surface area (Å²) in [7, 11) is 0. The molecule has 3 aromatic rings. The van der Waals surface area contributed by atoms with Crippen molar-refractivity contribution in [2.24, 2.45) is 0 Å². The number of rotatable bonds is 1. The Kier molecular flexibility index (Phi) is 3.45. The summed E-state index contributed by atoms with van der Waals surface area (Å²) in [6.45, 7) is 0. The maximum atomic E-state index is 12.6. The van der Waals surface area contributed by atoms with Crippen molar-refractivity contribution in [2.45, 2.75) is 6.18 Å². The second-order valence-electron chi connectivity index (χ2n) is 4.79. The van der Waals surface area contributed by atoms with Crippen LogP contribution in [0.2, 0.25) is 5.02 Å². The van der Waals surface area contributed by atoms with Gasteiger partial charge < -0.3 is 4.98 Å². The van der Waals surface area contributed by atoms with E-state index in [9.17, 15) is 18.0 Å². The Morgan fingerprint density at radius 2 is 1.64 bits per heavy atom. The van der Waals surface area contributed by atoms with Crippen LogP contribution in [0.1, 0.15) is 5.56 Å². The zero-order valence-corrected chi connectivity index (χ0v) is 11.8. The van der Waals surface area contributed by atoms with Crippen LogP contribution in [0.5, 0.6) is 0 Å². The van der Waals surface area contributed by atoms with E-state index in [2.05, 4.69) is 4.98 Å². The summed E-state index contributed by atoms with van der Waals surface area (Å²) >= 11 is 6.07. The fourth-order valence-electron chi connectivity index (χ4n) is 2.25. The molecule has 1 heterocycles. The molecule has 2 nitrogen and oxygen atoms in total. The molecule has 1 aromatic heterocycles. The predicted octanol–water partition coefficient (Wildman–Crippen LogP) is 4.87. The SMILES string of the molecule is O=c1[nH]c(-c2ccc(C(F)(F)F)cc2)cc2c(Cl)cccc12. The molecule has 0 bridgehead atoms. The van der Waals surface area contributed by atoms with Gasteiger partial charge in [0, 0.05) is 21.5 Å². The first-order valence-corrected chi connectivity index (χ1v) is 6.73. The van der Waals surface area contributed by atoms with Crippen LogP contribution in [-0.4, -0.2) is 4.98 Å². The lowest BCUT2D eigenvalue weighted by molar-refractivity contribution is -0.137. The average molecular weight is 324 g/mol. The van der Waals surface area contributed by atoms with Gasteiger partial charge in [0.15, 0.2) is 0 Å². The van der Waals surface area contributed by atoms with E-state index in [1.165, 1.54) is 12.1 Å². The van der Waals surface area contributed by atoms with Gasteiger partial charge >= 0.3 is 6.18 Å². The fraction of sp³-hybridized carbons (Fsp3) is 0.0625. The molecule has 0 saturated carbocycles. The van der Waals surface area contributed by atoms with Crippen molar-refractivity contribution in [2.75, 3.05) is 0 Å². The number of halogens is 4. The maximum absolute atomic E-state index is 12.6. The number of hydrogen-bond acceptors (Lipinski definition) is 1. The first-order valence-electron chi connectivity index (χ1n) is 6.35. The van der Waals surface area contributed by atoms with Gasteiger partial charge in [0.2, 0.25) is 0 Å². The summed E-state index contributed by atoms with van der Waals surface area (Å²) < 4.78 is 37.7. The van der Waals surface area contributed by atoms with Crippen LogP contribution >= 0.6 is 11.6 Å². The topological polar surface area (TPSA) is 32.9 Å². The molecule has 0 aliphatic carbocycles. The molecule has 0 radical (unpaired) electrons. The third kappa shape index (κ3) is 2.60. The highest BCUT2D eigenvalue weighted by molar-refractivity contribution is 6.35. The molecule has 0 amide bonds. The molecule has 22 heavy (non-hydrogen) atoms. The molecule has 0 spiro atoms. The number of benzene rings is 2. The van der Waals surface area contributed by atoms with Crippen molar-refractivity contribution < 1.29 is 13.2 Å². The minimum Gasteiger partial charge on any atom is -0.321 e. The Bertz CT molecular complexity index is 898. The van der Waals surface area contributed by atoms with Gasteiger partial charge in [-0.1, -0.05) is 29.8 Å². The quantitative estimate of drug-likeness (QED) is 0.681. The van der Waals surface area contributed by atoms with Crippen LogP contribution < -0.4 is 5.56 Å². The van der Waals surface area contributed by atoms with Gasteiger partial charge in [0.05, 0.1) is 5.56 Å². The smallest absolute Gasteiger partial charge is 0.321 e. The van der Waals surface area contributed by atoms with Crippen molar-refractivity contribution in [3.63, 3.8) is 0 Å². The zero-order chi connectivity index (χ0) is 15.9. The molecule has 112 valence electrons. The largest absolute Gasteiger partial charge is 0.416 e. The number of fused-ring (bicyclic) bond motifs is 1. The van der Waals surface area contributed by atoms with Crippen molar-refractivity contribution in [3.05, 3.63) is 69.5 Å². The standard InChI is InChI=1S/C16H9ClF3NO/c17-13-3-1-2-11-12(13)8-14(21-15(11)22)9-4-6-10(7-5-9)16(18,19)20/h1-8H,(H,21,22). The van der Waals surface area contributed by atoms with Gasteiger partial charge in [-0.2, -0.15) is 13.2 Å². The number of alkyl halides is 3. The monoisotopic (exact) mass is 323 g/mol. The number of aromatic nitrogens is 1. The highest BCUT2D eigenvalue weighted by Crippen LogP contribution is 2.31. The van der Waals surface area contributed by atoms with Crippen LogP contribution in [0.15, 0.2) is 53.3 Å². The molecule has 6 heteroatoms. The van der Waals surface area contributed by atoms with Crippen molar-refractivity contribution in [3.8, 4) is 11.3 Å². The van der Waals surface area contributed by atoms with E-state index in [-0.39, 0.29) is 5.56 Å². The van der Waals surface area contributed by atoms with Gasteiger partial charge in [-0.05, 0) is 35.9 Å². The second kappa shape index (κ2) is 5.18. The van der Waals surface area contributed by atoms with E-state index in [4.69, 9.17) is 11.6 Å². The second-order valence-corrected chi connectivity index (χ2v) is 5.20. The molecule has 0 unspecified atom stereocenters. The van der Waals surface area contributed by atoms with Gasteiger partial charge in [0.25, 0.3) is 5.56 Å². The average Bonchev–Trinajstić information content (AvgIpc) is 2.47. The van der Waals surface area contributed by atoms with Crippen LogP contribution in [-0.2, 0) is 6.18 Å². The minimum atomic E-state index is -4.39. The van der Waals surface area contributed by atoms with Crippen LogP contribution in [0.4, 0.5) is 13.2 Å². The Hall–Kier alpha value is -2.27. The fourth-order valence-corrected chi connectivity index (χ4v) is 2.48. The minimum absolute atomic E-state index is 0.338. The summed E-state index contributed by atoms with van der Waals surface area (Å²) in [5.74, 6) is 0. The molecule has 0 fully saturated rings. The van der Waals surface area contributed by atoms with Crippen LogP contribution in [0.3, 0.4) is 0 Å². The van der Waals surface area contributed by atoms with Crippen LogP contribution in [0, 0.1) is 0 Å². The summed E-state index contributed by atoms with van der Waals surface area (Å²) in [4.78, 5) is 14.7. The highest BCUT2D eigenvalue weighted by atomic mass is 35.5. The Balaban J connectivity index is 2.15. The van der Waals surface area contributed by atoms with E-state index in [0.717, 1.165) is 12.1 Å². The zero-order valence-electron chi connectivity index (χ0n) is 11.0. The van der Waals surface area contributed by atoms with Gasteiger partial charge in [-0.3, -0.25) is 4.79 Å². The molecule has 0 aliphatic heterocycles.